The molecule has 0 spiro atoms. The third kappa shape index (κ3) is 3.39. The van der Waals surface area contributed by atoms with Crippen LogP contribution in [0.3, 0.4) is 0 Å². The molecule has 1 atom stereocenters. The lowest BCUT2D eigenvalue weighted by Gasteiger charge is -2.06. The van der Waals surface area contributed by atoms with Crippen LogP contribution in [0.15, 0.2) is 28.8 Å². The molecule has 1 aromatic carbocycles. The van der Waals surface area contributed by atoms with E-state index in [1.807, 2.05) is 31.2 Å². The highest BCUT2D eigenvalue weighted by Crippen LogP contribution is 2.22. The van der Waals surface area contributed by atoms with Gasteiger partial charge in [-0.15, -0.1) is 0 Å². The lowest BCUT2D eigenvalue weighted by molar-refractivity contribution is 0.119. The summed E-state index contributed by atoms with van der Waals surface area (Å²) in [5, 5.41) is 3.92. The molecule has 0 aliphatic carbocycles. The second-order valence-corrected chi connectivity index (χ2v) is 4.45. The van der Waals surface area contributed by atoms with Crippen molar-refractivity contribution in [1.29, 1.82) is 0 Å². The Morgan fingerprint density at radius 2 is 2.16 bits per heavy atom. The highest BCUT2D eigenvalue weighted by molar-refractivity contribution is 5.57. The number of aryl methyl sites for hydroxylation is 1. The number of hydrogen-bond donors (Lipinski definition) is 1. The van der Waals surface area contributed by atoms with E-state index in [0.717, 1.165) is 17.5 Å². The second-order valence-electron chi connectivity index (χ2n) is 4.45. The molecule has 19 heavy (non-hydrogen) atoms. The van der Waals surface area contributed by atoms with Gasteiger partial charge in [0, 0.05) is 12.2 Å². The third-order valence-corrected chi connectivity index (χ3v) is 2.79. The fourth-order valence-corrected chi connectivity index (χ4v) is 1.74. The van der Waals surface area contributed by atoms with Gasteiger partial charge in [-0.05, 0) is 25.0 Å². The Kier molecular flexibility index (Phi) is 4.65. The summed E-state index contributed by atoms with van der Waals surface area (Å²) in [6.45, 7) is 5.15. The van der Waals surface area contributed by atoms with Crippen molar-refractivity contribution in [2.75, 3.05) is 13.2 Å². The fourth-order valence-electron chi connectivity index (χ4n) is 1.74. The highest BCUT2D eigenvalue weighted by Gasteiger charge is 2.16. The predicted octanol–water partition coefficient (Wildman–Crippen LogP) is 2.47. The minimum Gasteiger partial charge on any atom is -0.379 e. The number of hydrogen-bond acceptors (Lipinski definition) is 5. The van der Waals surface area contributed by atoms with Crippen molar-refractivity contribution < 1.29 is 9.26 Å². The van der Waals surface area contributed by atoms with E-state index in [9.17, 15) is 0 Å². The summed E-state index contributed by atoms with van der Waals surface area (Å²) < 4.78 is 10.7. The molecule has 0 aliphatic rings. The van der Waals surface area contributed by atoms with Crippen molar-refractivity contribution in [3.05, 3.63) is 35.7 Å². The predicted molar refractivity (Wildman–Crippen MR) is 72.5 cm³/mol. The van der Waals surface area contributed by atoms with Gasteiger partial charge in [0.2, 0.25) is 0 Å². The van der Waals surface area contributed by atoms with E-state index in [1.54, 1.807) is 0 Å². The van der Waals surface area contributed by atoms with E-state index >= 15 is 0 Å². The third-order valence-electron chi connectivity index (χ3n) is 2.79. The molecule has 5 nitrogen and oxygen atoms in total. The Morgan fingerprint density at radius 1 is 1.37 bits per heavy atom. The first-order valence-electron chi connectivity index (χ1n) is 6.45. The van der Waals surface area contributed by atoms with E-state index < -0.39 is 0 Å². The van der Waals surface area contributed by atoms with E-state index in [2.05, 4.69) is 17.1 Å². The minimum absolute atomic E-state index is 0.354. The normalized spacial score (nSPS) is 12.6. The molecule has 0 fully saturated rings. The quantitative estimate of drug-likeness (QED) is 0.808. The Morgan fingerprint density at radius 3 is 2.89 bits per heavy atom. The molecule has 2 rings (SSSR count). The Bertz CT molecular complexity index is 525. The summed E-state index contributed by atoms with van der Waals surface area (Å²) in [5.41, 5.74) is 7.98. The lowest BCUT2D eigenvalue weighted by atomic mass is 10.1. The minimum atomic E-state index is -0.354. The summed E-state index contributed by atoms with van der Waals surface area (Å²) in [7, 11) is 0. The van der Waals surface area contributed by atoms with Crippen molar-refractivity contribution in [2.24, 2.45) is 5.73 Å². The molecule has 1 unspecified atom stereocenters. The van der Waals surface area contributed by atoms with Crippen molar-refractivity contribution in [3.63, 3.8) is 0 Å². The average molecular weight is 261 g/mol. The van der Waals surface area contributed by atoms with Crippen LogP contribution in [0, 0.1) is 6.92 Å². The van der Waals surface area contributed by atoms with Crippen LogP contribution in [0.5, 0.6) is 0 Å². The van der Waals surface area contributed by atoms with Gasteiger partial charge >= 0.3 is 0 Å². The molecule has 1 aromatic heterocycles. The zero-order valence-electron chi connectivity index (χ0n) is 11.3. The van der Waals surface area contributed by atoms with Gasteiger partial charge in [-0.25, -0.2) is 0 Å². The molecule has 1 heterocycles. The van der Waals surface area contributed by atoms with Crippen molar-refractivity contribution in [1.82, 2.24) is 10.1 Å². The highest BCUT2D eigenvalue weighted by atomic mass is 16.5. The second kappa shape index (κ2) is 6.45. The first-order valence-corrected chi connectivity index (χ1v) is 6.45. The Labute approximate surface area is 112 Å². The molecular weight excluding hydrogens is 242 g/mol. The Hall–Kier alpha value is -1.72. The summed E-state index contributed by atoms with van der Waals surface area (Å²) >= 11 is 0. The molecule has 102 valence electrons. The maximum Gasteiger partial charge on any atom is 0.258 e. The number of rotatable bonds is 6. The van der Waals surface area contributed by atoms with Crippen LogP contribution >= 0.6 is 0 Å². The molecule has 2 N–H and O–H groups in total. The average Bonchev–Trinajstić information content (AvgIpc) is 2.89. The SMILES string of the molecule is CCCOCC(N)c1noc(-c2ccccc2C)n1. The Balaban J connectivity index is 2.09. The molecule has 0 aliphatic heterocycles. The largest absolute Gasteiger partial charge is 0.379 e. The van der Waals surface area contributed by atoms with Gasteiger partial charge in [-0.1, -0.05) is 30.3 Å². The van der Waals surface area contributed by atoms with Gasteiger partial charge < -0.3 is 15.0 Å². The summed E-state index contributed by atoms with van der Waals surface area (Å²) in [4.78, 5) is 4.34. The zero-order valence-corrected chi connectivity index (χ0v) is 11.3. The topological polar surface area (TPSA) is 74.2 Å². The summed E-state index contributed by atoms with van der Waals surface area (Å²) in [6.07, 6.45) is 0.966. The number of aromatic nitrogens is 2. The van der Waals surface area contributed by atoms with Gasteiger partial charge in [0.25, 0.3) is 5.89 Å². The first-order chi connectivity index (χ1) is 9.22. The van der Waals surface area contributed by atoms with Gasteiger partial charge in [0.1, 0.15) is 0 Å². The number of ether oxygens (including phenoxy) is 1. The van der Waals surface area contributed by atoms with E-state index in [1.165, 1.54) is 0 Å². The molecule has 2 aromatic rings. The van der Waals surface area contributed by atoms with Crippen LogP contribution in [0.25, 0.3) is 11.5 Å². The molecule has 0 saturated carbocycles. The number of nitrogens with zero attached hydrogens (tertiary/aromatic N) is 2. The van der Waals surface area contributed by atoms with E-state index in [4.69, 9.17) is 15.0 Å². The van der Waals surface area contributed by atoms with Crippen molar-refractivity contribution >= 4 is 0 Å². The van der Waals surface area contributed by atoms with Crippen LogP contribution in [0.4, 0.5) is 0 Å². The molecule has 5 heteroatoms. The zero-order chi connectivity index (χ0) is 13.7. The summed E-state index contributed by atoms with van der Waals surface area (Å²) in [6, 6.07) is 7.51. The van der Waals surface area contributed by atoms with Crippen molar-refractivity contribution in [3.8, 4) is 11.5 Å². The van der Waals surface area contributed by atoms with Gasteiger partial charge in [-0.2, -0.15) is 4.98 Å². The summed E-state index contributed by atoms with van der Waals surface area (Å²) in [5.74, 6) is 0.980. The van der Waals surface area contributed by atoms with E-state index in [0.29, 0.717) is 24.9 Å². The standard InChI is InChI=1S/C14H19N3O2/c1-3-8-18-9-12(15)13-16-14(19-17-13)11-7-5-4-6-10(11)2/h4-7,12H,3,8-9,15H2,1-2H3. The molecule has 0 saturated heterocycles. The lowest BCUT2D eigenvalue weighted by Crippen LogP contribution is -2.18. The maximum atomic E-state index is 5.96. The first kappa shape index (κ1) is 13.7. The van der Waals surface area contributed by atoms with Crippen LogP contribution in [-0.2, 0) is 4.74 Å². The van der Waals surface area contributed by atoms with Crippen LogP contribution < -0.4 is 5.73 Å². The number of benzene rings is 1. The fraction of sp³-hybridized carbons (Fsp3) is 0.429. The smallest absolute Gasteiger partial charge is 0.258 e. The molecular formula is C14H19N3O2. The monoisotopic (exact) mass is 261 g/mol. The number of nitrogens with two attached hydrogens (primary N) is 1. The van der Waals surface area contributed by atoms with Gasteiger partial charge in [0.05, 0.1) is 12.6 Å². The molecule has 0 amide bonds. The van der Waals surface area contributed by atoms with Gasteiger partial charge in [-0.3, -0.25) is 0 Å². The van der Waals surface area contributed by atoms with E-state index in [-0.39, 0.29) is 6.04 Å². The molecule has 0 radical (unpaired) electrons. The van der Waals surface area contributed by atoms with Crippen LogP contribution in [0.2, 0.25) is 0 Å². The van der Waals surface area contributed by atoms with Gasteiger partial charge in [0.15, 0.2) is 5.82 Å². The van der Waals surface area contributed by atoms with Crippen LogP contribution in [-0.4, -0.2) is 23.4 Å². The maximum absolute atomic E-state index is 5.96. The van der Waals surface area contributed by atoms with Crippen LogP contribution in [0.1, 0.15) is 30.8 Å². The molecule has 0 bridgehead atoms. The van der Waals surface area contributed by atoms with Crippen molar-refractivity contribution in [2.45, 2.75) is 26.3 Å².